The van der Waals surface area contributed by atoms with Crippen molar-refractivity contribution in [2.24, 2.45) is 0 Å². The fraction of sp³-hybridized carbons (Fsp3) is 0.286. The molecule has 2 aromatic heterocycles. The molecule has 0 fully saturated rings. The van der Waals surface area contributed by atoms with Gasteiger partial charge in [0.1, 0.15) is 0 Å². The molecule has 4 nitrogen and oxygen atoms in total. The van der Waals surface area contributed by atoms with Gasteiger partial charge in [-0.1, -0.05) is 12.1 Å². The lowest BCUT2D eigenvalue weighted by Gasteiger charge is -2.05. The highest BCUT2D eigenvalue weighted by molar-refractivity contribution is 8.00. The molecule has 2 N–H and O–H groups in total. The number of rotatable bonds is 8. The van der Waals surface area contributed by atoms with E-state index in [9.17, 15) is 9.59 Å². The maximum Gasteiger partial charge on any atom is 0.230 e. The molecular formula is C14H16N2O2S3. The van der Waals surface area contributed by atoms with Gasteiger partial charge in [-0.05, 0) is 22.9 Å². The van der Waals surface area contributed by atoms with Crippen LogP contribution in [0, 0.1) is 0 Å². The largest absolute Gasteiger partial charge is 0.350 e. The van der Waals surface area contributed by atoms with Crippen LogP contribution in [0.4, 0.5) is 0 Å². The number of thiophene rings is 2. The molecular weight excluding hydrogens is 324 g/mol. The maximum absolute atomic E-state index is 11.6. The molecule has 0 aliphatic heterocycles. The molecule has 0 aliphatic rings. The first-order chi connectivity index (χ1) is 10.2. The van der Waals surface area contributed by atoms with Gasteiger partial charge in [0.15, 0.2) is 0 Å². The molecule has 0 bridgehead atoms. The second-order valence-electron chi connectivity index (χ2n) is 4.20. The van der Waals surface area contributed by atoms with Crippen molar-refractivity contribution in [3.05, 3.63) is 44.8 Å². The summed E-state index contributed by atoms with van der Waals surface area (Å²) in [5.41, 5.74) is 0. The van der Waals surface area contributed by atoms with E-state index in [4.69, 9.17) is 0 Å². The molecule has 0 unspecified atom stereocenters. The van der Waals surface area contributed by atoms with Crippen molar-refractivity contribution >= 4 is 46.2 Å². The summed E-state index contributed by atoms with van der Waals surface area (Å²) >= 11 is 4.56. The Morgan fingerprint density at radius 1 is 0.905 bits per heavy atom. The zero-order chi connectivity index (χ0) is 14.9. The van der Waals surface area contributed by atoms with E-state index in [0.29, 0.717) is 24.6 Å². The smallest absolute Gasteiger partial charge is 0.230 e. The topological polar surface area (TPSA) is 58.2 Å². The maximum atomic E-state index is 11.6. The third-order valence-electron chi connectivity index (χ3n) is 2.55. The first-order valence-electron chi connectivity index (χ1n) is 6.40. The predicted octanol–water partition coefficient (Wildman–Crippen LogP) is 2.48. The zero-order valence-corrected chi connectivity index (χ0v) is 13.8. The fourth-order valence-electron chi connectivity index (χ4n) is 1.54. The predicted molar refractivity (Wildman–Crippen MR) is 89.7 cm³/mol. The van der Waals surface area contributed by atoms with Crippen LogP contribution in [0.2, 0.25) is 0 Å². The molecule has 0 spiro atoms. The first kappa shape index (κ1) is 16.1. The third kappa shape index (κ3) is 6.33. The Balaban J connectivity index is 1.53. The fourth-order valence-corrected chi connectivity index (χ4v) is 3.50. The van der Waals surface area contributed by atoms with Gasteiger partial charge < -0.3 is 10.6 Å². The number of amides is 2. The molecule has 0 radical (unpaired) electrons. The van der Waals surface area contributed by atoms with Gasteiger partial charge in [-0.2, -0.15) is 0 Å². The normalized spacial score (nSPS) is 10.3. The monoisotopic (exact) mass is 340 g/mol. The van der Waals surface area contributed by atoms with Gasteiger partial charge in [-0.3, -0.25) is 9.59 Å². The van der Waals surface area contributed by atoms with Crippen LogP contribution in [0.15, 0.2) is 35.0 Å². The van der Waals surface area contributed by atoms with Crippen molar-refractivity contribution < 1.29 is 9.59 Å². The lowest BCUT2D eigenvalue weighted by Crippen LogP contribution is -2.27. The zero-order valence-electron chi connectivity index (χ0n) is 11.3. The van der Waals surface area contributed by atoms with Crippen LogP contribution in [0.5, 0.6) is 0 Å². The summed E-state index contributed by atoms with van der Waals surface area (Å²) in [6, 6.07) is 7.88. The molecule has 112 valence electrons. The van der Waals surface area contributed by atoms with Crippen molar-refractivity contribution in [2.75, 3.05) is 11.5 Å². The summed E-state index contributed by atoms with van der Waals surface area (Å²) in [5, 5.41) is 9.63. The van der Waals surface area contributed by atoms with E-state index in [1.165, 1.54) is 11.8 Å². The minimum Gasteiger partial charge on any atom is -0.350 e. The Hall–Kier alpha value is -1.31. The highest BCUT2D eigenvalue weighted by atomic mass is 32.2. The lowest BCUT2D eigenvalue weighted by atomic mass is 10.4. The molecule has 2 rings (SSSR count). The van der Waals surface area contributed by atoms with Crippen LogP contribution in [0.1, 0.15) is 9.75 Å². The second kappa shape index (κ2) is 8.86. The Kier molecular flexibility index (Phi) is 6.78. The van der Waals surface area contributed by atoms with Crippen LogP contribution in [-0.2, 0) is 22.7 Å². The van der Waals surface area contributed by atoms with E-state index < -0.39 is 0 Å². The van der Waals surface area contributed by atoms with E-state index in [0.717, 1.165) is 9.75 Å². The van der Waals surface area contributed by atoms with Crippen LogP contribution < -0.4 is 10.6 Å². The number of carbonyl (C=O) groups excluding carboxylic acids is 2. The van der Waals surface area contributed by atoms with E-state index in [1.54, 1.807) is 22.7 Å². The van der Waals surface area contributed by atoms with E-state index >= 15 is 0 Å². The number of hydrogen-bond acceptors (Lipinski definition) is 5. The van der Waals surface area contributed by atoms with E-state index in [-0.39, 0.29) is 11.8 Å². The number of nitrogens with one attached hydrogen (secondary N) is 2. The molecule has 2 heterocycles. The van der Waals surface area contributed by atoms with Crippen molar-refractivity contribution in [3.8, 4) is 0 Å². The quantitative estimate of drug-likeness (QED) is 0.776. The number of thioether (sulfide) groups is 1. The summed E-state index contributed by atoms with van der Waals surface area (Å²) in [7, 11) is 0. The average Bonchev–Trinajstić information content (AvgIpc) is 3.16. The molecule has 7 heteroatoms. The SMILES string of the molecule is O=C(CSCC(=O)NCc1cccs1)NCc1cccs1. The molecule has 0 saturated heterocycles. The number of hydrogen-bond donors (Lipinski definition) is 2. The first-order valence-corrected chi connectivity index (χ1v) is 9.31. The van der Waals surface area contributed by atoms with Gasteiger partial charge in [-0.25, -0.2) is 0 Å². The minimum absolute atomic E-state index is 0.0422. The molecule has 0 aliphatic carbocycles. The van der Waals surface area contributed by atoms with E-state index in [1.807, 2.05) is 35.0 Å². The Morgan fingerprint density at radius 3 is 1.76 bits per heavy atom. The van der Waals surface area contributed by atoms with Crippen molar-refractivity contribution in [1.82, 2.24) is 10.6 Å². The van der Waals surface area contributed by atoms with Crippen molar-refractivity contribution in [2.45, 2.75) is 13.1 Å². The van der Waals surface area contributed by atoms with Gasteiger partial charge in [0.05, 0.1) is 24.6 Å². The van der Waals surface area contributed by atoms with Crippen molar-refractivity contribution in [1.29, 1.82) is 0 Å². The summed E-state index contributed by atoms with van der Waals surface area (Å²) in [4.78, 5) is 25.5. The molecule has 2 aromatic rings. The Bertz CT molecular complexity index is 503. The van der Waals surface area contributed by atoms with Gasteiger partial charge >= 0.3 is 0 Å². The third-order valence-corrected chi connectivity index (χ3v) is 5.23. The Labute approximate surface area is 136 Å². The molecule has 0 atom stereocenters. The summed E-state index contributed by atoms with van der Waals surface area (Å²) < 4.78 is 0. The highest BCUT2D eigenvalue weighted by Gasteiger charge is 2.06. The van der Waals surface area contributed by atoms with Crippen LogP contribution in [0.25, 0.3) is 0 Å². The Morgan fingerprint density at radius 2 is 1.38 bits per heavy atom. The highest BCUT2D eigenvalue weighted by Crippen LogP contribution is 2.09. The number of carbonyl (C=O) groups is 2. The van der Waals surface area contributed by atoms with Gasteiger partial charge in [0.25, 0.3) is 0 Å². The van der Waals surface area contributed by atoms with Gasteiger partial charge in [-0.15, -0.1) is 34.4 Å². The molecule has 0 aromatic carbocycles. The summed E-state index contributed by atoms with van der Waals surface area (Å²) in [6.45, 7) is 1.11. The van der Waals surface area contributed by atoms with Crippen molar-refractivity contribution in [3.63, 3.8) is 0 Å². The summed E-state index contributed by atoms with van der Waals surface area (Å²) in [5.74, 6) is 0.522. The molecule has 2 amide bonds. The van der Waals surface area contributed by atoms with Crippen LogP contribution >= 0.6 is 34.4 Å². The lowest BCUT2D eigenvalue weighted by molar-refractivity contribution is -0.119. The second-order valence-corrected chi connectivity index (χ2v) is 7.26. The van der Waals surface area contributed by atoms with Gasteiger partial charge in [0.2, 0.25) is 11.8 Å². The average molecular weight is 340 g/mol. The van der Waals surface area contributed by atoms with Crippen LogP contribution in [0.3, 0.4) is 0 Å². The van der Waals surface area contributed by atoms with Gasteiger partial charge in [0, 0.05) is 9.75 Å². The molecule has 0 saturated carbocycles. The standard InChI is InChI=1S/C14H16N2O2S3/c17-13(15-7-11-3-1-5-20-11)9-19-10-14(18)16-8-12-4-2-6-21-12/h1-6H,7-10H2,(H,15,17)(H,16,18). The molecule has 21 heavy (non-hydrogen) atoms. The summed E-state index contributed by atoms with van der Waals surface area (Å²) in [6.07, 6.45) is 0. The van der Waals surface area contributed by atoms with Crippen LogP contribution in [-0.4, -0.2) is 23.3 Å². The minimum atomic E-state index is -0.0422. The van der Waals surface area contributed by atoms with E-state index in [2.05, 4.69) is 10.6 Å².